The van der Waals surface area contributed by atoms with Gasteiger partial charge < -0.3 is 14.4 Å². The van der Waals surface area contributed by atoms with Crippen LogP contribution >= 0.6 is 0 Å². The number of esters is 2. The van der Waals surface area contributed by atoms with Crippen LogP contribution in [0.1, 0.15) is 76.5 Å². The van der Waals surface area contributed by atoms with Gasteiger partial charge in [-0.05, 0) is 58.9 Å². The van der Waals surface area contributed by atoms with E-state index in [1.165, 1.54) is 40.6 Å². The standard InChI is InChI=1S/C32H35NO4/c1-6-13-32(14-7-2)23-11-9-8-10-19(23)20-17-25-26(18-24(20)32)33-15-12-27-21(28(33)31(25,3)4)16-22(29(34)36-5)30(35)37-27/h8-11,16-18,27H,6-7,12-15H2,1-5H3. The third-order valence-electron chi connectivity index (χ3n) is 8.97. The van der Waals surface area contributed by atoms with Gasteiger partial charge in [0, 0.05) is 40.8 Å². The molecule has 5 heteroatoms. The summed E-state index contributed by atoms with van der Waals surface area (Å²) in [6.07, 6.45) is 6.59. The van der Waals surface area contributed by atoms with Crippen molar-refractivity contribution in [2.75, 3.05) is 18.6 Å². The lowest BCUT2D eigenvalue weighted by Gasteiger charge is -2.38. The molecule has 1 aliphatic carbocycles. The number of hydrogen-bond acceptors (Lipinski definition) is 5. The highest BCUT2D eigenvalue weighted by molar-refractivity contribution is 6.15. The van der Waals surface area contributed by atoms with Gasteiger partial charge in [0.1, 0.15) is 11.7 Å². The van der Waals surface area contributed by atoms with Gasteiger partial charge in [-0.3, -0.25) is 0 Å². The summed E-state index contributed by atoms with van der Waals surface area (Å²) in [5.74, 6) is -1.25. The molecule has 3 aliphatic heterocycles. The monoisotopic (exact) mass is 497 g/mol. The van der Waals surface area contributed by atoms with E-state index in [1.54, 1.807) is 6.08 Å². The predicted octanol–water partition coefficient (Wildman–Crippen LogP) is 6.33. The first-order valence-electron chi connectivity index (χ1n) is 13.6. The SMILES string of the molecule is CCCC1(CCC)c2ccccc2-c2cc3c(cc21)N1CCC2OC(=O)C(C(=O)OC)=CC2=C1C3(C)C. The Labute approximate surface area is 219 Å². The summed E-state index contributed by atoms with van der Waals surface area (Å²) in [5.41, 5.74) is 9.90. The number of benzene rings is 2. The molecular weight excluding hydrogens is 462 g/mol. The Morgan fingerprint density at radius 3 is 2.49 bits per heavy atom. The maximum atomic E-state index is 12.5. The molecule has 0 fully saturated rings. The van der Waals surface area contributed by atoms with Crippen molar-refractivity contribution in [3.05, 3.63) is 76.0 Å². The number of ether oxygens (including phenoxy) is 2. The summed E-state index contributed by atoms with van der Waals surface area (Å²) >= 11 is 0. The Hall–Kier alpha value is -3.34. The van der Waals surface area contributed by atoms with Crippen LogP contribution in [-0.2, 0) is 29.9 Å². The third-order valence-corrected chi connectivity index (χ3v) is 8.97. The van der Waals surface area contributed by atoms with Crippen molar-refractivity contribution >= 4 is 17.6 Å². The fourth-order valence-electron chi connectivity index (χ4n) is 7.56. The minimum atomic E-state index is -0.651. The van der Waals surface area contributed by atoms with Crippen molar-refractivity contribution in [2.24, 2.45) is 0 Å². The van der Waals surface area contributed by atoms with Crippen LogP contribution in [0.4, 0.5) is 5.69 Å². The molecule has 2 aromatic rings. The predicted molar refractivity (Wildman–Crippen MR) is 144 cm³/mol. The summed E-state index contributed by atoms with van der Waals surface area (Å²) in [7, 11) is 1.29. The van der Waals surface area contributed by atoms with E-state index in [2.05, 4.69) is 69.0 Å². The zero-order valence-electron chi connectivity index (χ0n) is 22.4. The van der Waals surface area contributed by atoms with Crippen molar-refractivity contribution < 1.29 is 19.1 Å². The van der Waals surface area contributed by atoms with Gasteiger partial charge in [-0.25, -0.2) is 9.59 Å². The van der Waals surface area contributed by atoms with Crippen LogP contribution in [0.25, 0.3) is 11.1 Å². The van der Waals surface area contributed by atoms with E-state index in [4.69, 9.17) is 9.47 Å². The quantitative estimate of drug-likeness (QED) is 0.357. The Balaban J connectivity index is 1.59. The van der Waals surface area contributed by atoms with E-state index in [0.717, 1.165) is 43.5 Å². The molecule has 0 spiro atoms. The van der Waals surface area contributed by atoms with Crippen LogP contribution in [0.3, 0.4) is 0 Å². The van der Waals surface area contributed by atoms with Gasteiger partial charge in [0.25, 0.3) is 0 Å². The zero-order valence-corrected chi connectivity index (χ0v) is 22.4. The Bertz CT molecular complexity index is 1390. The van der Waals surface area contributed by atoms with Gasteiger partial charge >= 0.3 is 11.9 Å². The van der Waals surface area contributed by atoms with E-state index in [0.29, 0.717) is 6.42 Å². The molecule has 0 saturated carbocycles. The number of hydrogen-bond donors (Lipinski definition) is 0. The Kier molecular flexibility index (Phi) is 5.41. The van der Waals surface area contributed by atoms with Crippen LogP contribution in [0, 0.1) is 0 Å². The molecule has 0 aromatic heterocycles. The first kappa shape index (κ1) is 24.0. The van der Waals surface area contributed by atoms with Crippen molar-refractivity contribution in [1.82, 2.24) is 0 Å². The molecule has 1 unspecified atom stereocenters. The Morgan fingerprint density at radius 2 is 1.78 bits per heavy atom. The molecule has 0 bridgehead atoms. The van der Waals surface area contributed by atoms with Gasteiger partial charge in [-0.15, -0.1) is 0 Å². The molecule has 0 N–H and O–H groups in total. The second kappa shape index (κ2) is 8.34. The molecule has 37 heavy (non-hydrogen) atoms. The number of carbonyl (C=O) groups excluding carboxylic acids is 2. The summed E-state index contributed by atoms with van der Waals surface area (Å²) in [6.45, 7) is 9.85. The first-order valence-corrected chi connectivity index (χ1v) is 13.6. The summed E-state index contributed by atoms with van der Waals surface area (Å²) < 4.78 is 10.6. The maximum absolute atomic E-state index is 12.5. The van der Waals surface area contributed by atoms with Crippen LogP contribution in [0.15, 0.2) is 59.3 Å². The highest BCUT2D eigenvalue weighted by Gasteiger charge is 2.50. The number of fused-ring (bicyclic) bond motifs is 7. The number of anilines is 1. The summed E-state index contributed by atoms with van der Waals surface area (Å²) in [6, 6.07) is 13.9. The van der Waals surface area contributed by atoms with Gasteiger partial charge in [0.2, 0.25) is 0 Å². The Morgan fingerprint density at radius 1 is 1.05 bits per heavy atom. The minimum Gasteiger partial charge on any atom is -0.465 e. The number of carbonyl (C=O) groups is 2. The second-order valence-corrected chi connectivity index (χ2v) is 11.4. The molecule has 6 rings (SSSR count). The van der Waals surface area contributed by atoms with Crippen molar-refractivity contribution in [3.8, 4) is 11.1 Å². The maximum Gasteiger partial charge on any atom is 0.346 e. The van der Waals surface area contributed by atoms with E-state index >= 15 is 0 Å². The average molecular weight is 498 g/mol. The number of rotatable bonds is 5. The molecule has 0 radical (unpaired) electrons. The molecule has 192 valence electrons. The molecule has 4 aliphatic rings. The van der Waals surface area contributed by atoms with E-state index in [9.17, 15) is 9.59 Å². The highest BCUT2D eigenvalue weighted by Crippen LogP contribution is 2.59. The zero-order chi connectivity index (χ0) is 26.1. The molecule has 3 heterocycles. The lowest BCUT2D eigenvalue weighted by atomic mass is 9.71. The molecule has 0 saturated heterocycles. The molecular formula is C32H35NO4. The summed E-state index contributed by atoms with van der Waals surface area (Å²) in [4.78, 5) is 27.3. The van der Waals surface area contributed by atoms with Gasteiger partial charge in [0.15, 0.2) is 0 Å². The van der Waals surface area contributed by atoms with E-state index in [-0.39, 0.29) is 22.5 Å². The van der Waals surface area contributed by atoms with Crippen LogP contribution in [0.2, 0.25) is 0 Å². The van der Waals surface area contributed by atoms with Gasteiger partial charge in [-0.1, -0.05) is 64.8 Å². The number of methoxy groups -OCH3 is 1. The van der Waals surface area contributed by atoms with Crippen LogP contribution in [0.5, 0.6) is 0 Å². The first-order chi connectivity index (χ1) is 17.8. The second-order valence-electron chi connectivity index (χ2n) is 11.4. The van der Waals surface area contributed by atoms with Crippen molar-refractivity contribution in [1.29, 1.82) is 0 Å². The smallest absolute Gasteiger partial charge is 0.346 e. The normalized spacial score (nSPS) is 21.9. The van der Waals surface area contributed by atoms with Gasteiger partial charge in [-0.2, -0.15) is 0 Å². The topological polar surface area (TPSA) is 55.8 Å². The highest BCUT2D eigenvalue weighted by atomic mass is 16.6. The molecule has 0 amide bonds. The van der Waals surface area contributed by atoms with Crippen LogP contribution < -0.4 is 4.90 Å². The van der Waals surface area contributed by atoms with Crippen molar-refractivity contribution in [3.63, 3.8) is 0 Å². The minimum absolute atomic E-state index is 0.0289. The average Bonchev–Trinajstić information content (AvgIpc) is 3.28. The number of allylic oxidation sites excluding steroid dienone is 1. The largest absolute Gasteiger partial charge is 0.465 e. The summed E-state index contributed by atoms with van der Waals surface area (Å²) in [5, 5.41) is 0. The number of nitrogens with zero attached hydrogens (tertiary/aromatic N) is 1. The fourth-order valence-corrected chi connectivity index (χ4v) is 7.56. The fraction of sp³-hybridized carbons (Fsp3) is 0.438. The van der Waals surface area contributed by atoms with Gasteiger partial charge in [0.05, 0.1) is 7.11 Å². The third kappa shape index (κ3) is 3.15. The molecule has 1 atom stereocenters. The molecule has 2 aromatic carbocycles. The molecule has 5 nitrogen and oxygen atoms in total. The van der Waals surface area contributed by atoms with E-state index < -0.39 is 11.9 Å². The van der Waals surface area contributed by atoms with Crippen molar-refractivity contribution in [2.45, 2.75) is 76.7 Å². The lowest BCUT2D eigenvalue weighted by Crippen LogP contribution is -2.41. The van der Waals surface area contributed by atoms with Crippen LogP contribution in [-0.4, -0.2) is 31.7 Å². The van der Waals surface area contributed by atoms with E-state index in [1.807, 2.05) is 0 Å². The lowest BCUT2D eigenvalue weighted by molar-refractivity contribution is -0.149.